The largest absolute Gasteiger partial charge is 0.481 e. The van der Waals surface area contributed by atoms with Crippen LogP contribution in [0.2, 0.25) is 0 Å². The Labute approximate surface area is 217 Å². The van der Waals surface area contributed by atoms with Crippen LogP contribution in [-0.2, 0) is 23.7 Å². The van der Waals surface area contributed by atoms with Gasteiger partial charge in [0.2, 0.25) is 0 Å². The number of benzene rings is 2. The van der Waals surface area contributed by atoms with Crippen molar-refractivity contribution in [2.45, 2.75) is 59.9 Å². The Morgan fingerprint density at radius 2 is 1.73 bits per heavy atom. The van der Waals surface area contributed by atoms with E-state index in [1.54, 1.807) is 6.07 Å². The topological polar surface area (TPSA) is 55.1 Å². The minimum atomic E-state index is -3.06. The van der Waals surface area contributed by atoms with Crippen LogP contribution in [0.3, 0.4) is 0 Å². The van der Waals surface area contributed by atoms with Gasteiger partial charge in [-0.1, -0.05) is 68.5 Å². The van der Waals surface area contributed by atoms with Crippen molar-refractivity contribution >= 4 is 22.6 Å². The Morgan fingerprint density at radius 3 is 2.35 bits per heavy atom. The van der Waals surface area contributed by atoms with E-state index in [2.05, 4.69) is 11.6 Å². The molecule has 4 rings (SSSR count). The van der Waals surface area contributed by atoms with Crippen molar-refractivity contribution in [3.05, 3.63) is 106 Å². The Hall–Kier alpha value is -3.80. The van der Waals surface area contributed by atoms with Crippen molar-refractivity contribution in [2.24, 2.45) is 0 Å². The van der Waals surface area contributed by atoms with Gasteiger partial charge in [0.05, 0.1) is 0 Å². The first-order valence-corrected chi connectivity index (χ1v) is 12.5. The predicted molar refractivity (Wildman–Crippen MR) is 146 cm³/mol. The molecule has 0 spiro atoms. The van der Waals surface area contributed by atoms with Crippen molar-refractivity contribution in [1.82, 2.24) is 9.55 Å². The zero-order valence-electron chi connectivity index (χ0n) is 22.1. The Bertz CT molecular complexity index is 1410. The molecule has 37 heavy (non-hydrogen) atoms. The van der Waals surface area contributed by atoms with E-state index < -0.39 is 11.9 Å². The fraction of sp³-hybridized carbons (Fsp3) is 0.290. The first-order chi connectivity index (χ1) is 17.5. The Balaban J connectivity index is 0.00000186. The van der Waals surface area contributed by atoms with Crippen LogP contribution in [0.1, 0.15) is 66.3 Å². The molecule has 0 saturated heterocycles. The first-order valence-electron chi connectivity index (χ1n) is 12.5. The summed E-state index contributed by atoms with van der Waals surface area (Å²) in [6.07, 6.45) is 2.39. The number of hydrogen-bond acceptors (Lipinski definition) is 2. The molecule has 2 heterocycles. The number of aliphatic carboxylic acids is 1. The van der Waals surface area contributed by atoms with Crippen LogP contribution in [0, 0.1) is 13.8 Å². The van der Waals surface area contributed by atoms with Gasteiger partial charge in [-0.3, -0.25) is 4.79 Å². The highest BCUT2D eigenvalue weighted by molar-refractivity contribution is 5.95. The fourth-order valence-electron chi connectivity index (χ4n) is 4.21. The van der Waals surface area contributed by atoms with E-state index in [1.807, 2.05) is 80.9 Å². The molecule has 0 fully saturated rings. The molecule has 194 valence electrons. The molecule has 4 aromatic rings. The van der Waals surface area contributed by atoms with Crippen LogP contribution in [0.15, 0.2) is 67.4 Å². The summed E-state index contributed by atoms with van der Waals surface area (Å²) in [4.78, 5) is 15.4. The molecule has 0 unspecified atom stereocenters. The third-order valence-corrected chi connectivity index (χ3v) is 6.27. The molecule has 0 aliphatic rings. The number of aromatic nitrogens is 2. The molecule has 0 saturated carbocycles. The van der Waals surface area contributed by atoms with Crippen LogP contribution in [0.5, 0.6) is 0 Å². The van der Waals surface area contributed by atoms with E-state index >= 15 is 0 Å². The van der Waals surface area contributed by atoms with E-state index in [9.17, 15) is 13.6 Å². The monoisotopic (exact) mass is 504 g/mol. The minimum Gasteiger partial charge on any atom is -0.481 e. The molecule has 2 aromatic heterocycles. The van der Waals surface area contributed by atoms with Crippen LogP contribution in [0.25, 0.3) is 16.6 Å². The Kier molecular flexibility index (Phi) is 8.64. The second kappa shape index (κ2) is 11.5. The van der Waals surface area contributed by atoms with Gasteiger partial charge in [-0.05, 0) is 60.2 Å². The van der Waals surface area contributed by atoms with E-state index in [0.29, 0.717) is 18.6 Å². The molecular formula is C31H34F2N2O2. The Morgan fingerprint density at radius 1 is 1.05 bits per heavy atom. The molecule has 6 heteroatoms. The van der Waals surface area contributed by atoms with E-state index in [0.717, 1.165) is 51.3 Å². The highest BCUT2D eigenvalue weighted by Crippen LogP contribution is 2.33. The number of carboxylic acid groups (broad SMARTS) is 1. The van der Waals surface area contributed by atoms with Crippen LogP contribution in [-0.4, -0.2) is 20.6 Å². The van der Waals surface area contributed by atoms with E-state index in [4.69, 9.17) is 5.11 Å². The maximum absolute atomic E-state index is 14.1. The molecule has 0 aliphatic carbocycles. The van der Waals surface area contributed by atoms with E-state index in [-0.39, 0.29) is 12.1 Å². The average Bonchev–Trinajstić information content (AvgIpc) is 3.22. The third-order valence-electron chi connectivity index (χ3n) is 6.27. The van der Waals surface area contributed by atoms with Crippen molar-refractivity contribution in [2.75, 3.05) is 0 Å². The molecule has 0 amide bonds. The molecule has 0 aliphatic heterocycles. The van der Waals surface area contributed by atoms with Gasteiger partial charge in [-0.2, -0.15) is 8.78 Å². The number of halogens is 2. The van der Waals surface area contributed by atoms with Crippen LogP contribution < -0.4 is 0 Å². The molecular weight excluding hydrogens is 470 g/mol. The van der Waals surface area contributed by atoms with Crippen molar-refractivity contribution in [3.8, 4) is 0 Å². The second-order valence-electron chi connectivity index (χ2n) is 9.13. The molecule has 2 aromatic carbocycles. The van der Waals surface area contributed by atoms with Gasteiger partial charge < -0.3 is 9.67 Å². The standard InChI is InChI=1S/C29H28F2N2O2.C2H6/c1-18-5-9-22(10-6-18)20(3)25-17-33(28-24(25)12-13-26(32-28)29(4,30)31)16-21-8-7-19(2)23(15-21)11-14-27(34)35;1-2/h5-10,12-13,15,17H,3,11,14,16H2,1-2,4H3,(H,34,35);1-2H3. The number of rotatable bonds is 8. The zero-order chi connectivity index (χ0) is 27.3. The first kappa shape index (κ1) is 27.8. The second-order valence-corrected chi connectivity index (χ2v) is 9.13. The molecule has 1 N–H and O–H groups in total. The summed E-state index contributed by atoms with van der Waals surface area (Å²) in [7, 11) is 0. The van der Waals surface area contributed by atoms with Crippen LogP contribution >= 0.6 is 0 Å². The lowest BCUT2D eigenvalue weighted by atomic mass is 9.99. The van der Waals surface area contributed by atoms with Gasteiger partial charge in [0.25, 0.3) is 5.92 Å². The highest BCUT2D eigenvalue weighted by atomic mass is 19.3. The average molecular weight is 505 g/mol. The summed E-state index contributed by atoms with van der Waals surface area (Å²) in [6.45, 7) is 13.5. The number of nitrogens with zero attached hydrogens (tertiary/aromatic N) is 2. The van der Waals surface area contributed by atoms with Crippen molar-refractivity contribution in [3.63, 3.8) is 0 Å². The molecule has 4 nitrogen and oxygen atoms in total. The van der Waals surface area contributed by atoms with Gasteiger partial charge >= 0.3 is 5.97 Å². The smallest absolute Gasteiger partial charge is 0.303 e. The number of carboxylic acids is 1. The van der Waals surface area contributed by atoms with E-state index in [1.165, 1.54) is 6.07 Å². The number of alkyl halides is 2. The van der Waals surface area contributed by atoms with Crippen molar-refractivity contribution < 1.29 is 18.7 Å². The highest BCUT2D eigenvalue weighted by Gasteiger charge is 2.27. The van der Waals surface area contributed by atoms with Gasteiger partial charge in [0.15, 0.2) is 0 Å². The maximum atomic E-state index is 14.1. The normalized spacial score (nSPS) is 11.2. The van der Waals surface area contributed by atoms with Crippen molar-refractivity contribution in [1.29, 1.82) is 0 Å². The number of hydrogen-bond donors (Lipinski definition) is 1. The van der Waals surface area contributed by atoms with Gasteiger partial charge in [0.1, 0.15) is 11.3 Å². The summed E-state index contributed by atoms with van der Waals surface area (Å²) in [5.41, 5.74) is 6.80. The minimum absolute atomic E-state index is 0.0494. The van der Waals surface area contributed by atoms with Gasteiger partial charge in [0, 0.05) is 37.0 Å². The summed E-state index contributed by atoms with van der Waals surface area (Å²) < 4.78 is 30.1. The third kappa shape index (κ3) is 6.50. The fourth-order valence-corrected chi connectivity index (χ4v) is 4.21. The SMILES string of the molecule is C=C(c1ccc(C)cc1)c1cn(Cc2ccc(C)c(CCC(=O)O)c2)c2nc(C(C)(F)F)ccc12.CC. The predicted octanol–water partition coefficient (Wildman–Crippen LogP) is 7.92. The van der Waals surface area contributed by atoms with Crippen LogP contribution in [0.4, 0.5) is 8.78 Å². The number of aryl methyl sites for hydroxylation is 3. The quantitative estimate of drug-likeness (QED) is 0.265. The molecule has 0 radical (unpaired) electrons. The molecule has 0 bridgehead atoms. The lowest BCUT2D eigenvalue weighted by molar-refractivity contribution is -0.136. The van der Waals surface area contributed by atoms with Gasteiger partial charge in [-0.25, -0.2) is 4.98 Å². The zero-order valence-corrected chi connectivity index (χ0v) is 22.1. The summed E-state index contributed by atoms with van der Waals surface area (Å²) in [5.74, 6) is -3.91. The van der Waals surface area contributed by atoms with Gasteiger partial charge in [-0.15, -0.1) is 0 Å². The molecule has 0 atom stereocenters. The summed E-state index contributed by atoms with van der Waals surface area (Å²) in [5, 5.41) is 9.81. The maximum Gasteiger partial charge on any atom is 0.303 e. The lowest BCUT2D eigenvalue weighted by Gasteiger charge is -2.12. The number of pyridine rings is 1. The number of fused-ring (bicyclic) bond motifs is 1. The summed E-state index contributed by atoms with van der Waals surface area (Å²) >= 11 is 0. The lowest BCUT2D eigenvalue weighted by Crippen LogP contribution is -2.10. The summed E-state index contributed by atoms with van der Waals surface area (Å²) in [6, 6.07) is 17.0. The number of carbonyl (C=O) groups is 1.